The van der Waals surface area contributed by atoms with Crippen LogP contribution in [0.1, 0.15) is 11.1 Å². The molecule has 0 atom stereocenters. The van der Waals surface area contributed by atoms with Gasteiger partial charge in [-0.05, 0) is 64.2 Å². The second kappa shape index (κ2) is 7.32. The van der Waals surface area contributed by atoms with Crippen LogP contribution in [-0.2, 0) is 0 Å². The first-order chi connectivity index (χ1) is 15.7. The van der Waals surface area contributed by atoms with Gasteiger partial charge in [0.05, 0.1) is 5.52 Å². The fraction of sp³-hybridized carbons (Fsp3) is 0.0645. The molecule has 1 heterocycles. The van der Waals surface area contributed by atoms with Crippen molar-refractivity contribution in [1.29, 1.82) is 0 Å². The van der Waals surface area contributed by atoms with Crippen LogP contribution in [0.3, 0.4) is 0 Å². The van der Waals surface area contributed by atoms with Gasteiger partial charge < -0.3 is 0 Å². The van der Waals surface area contributed by atoms with Crippen molar-refractivity contribution < 1.29 is 0 Å². The van der Waals surface area contributed by atoms with Crippen molar-refractivity contribution in [1.82, 2.24) is 4.98 Å². The van der Waals surface area contributed by atoms with Gasteiger partial charge in [-0.1, -0.05) is 96.1 Å². The molecule has 0 amide bonds. The fourth-order valence-electron chi connectivity index (χ4n) is 5.07. The van der Waals surface area contributed by atoms with Gasteiger partial charge in [0.25, 0.3) is 0 Å². The molecule has 5 aromatic carbocycles. The number of aromatic nitrogens is 1. The molecule has 152 valence electrons. The molecule has 6 rings (SSSR count). The van der Waals surface area contributed by atoms with E-state index in [0.717, 1.165) is 5.52 Å². The van der Waals surface area contributed by atoms with Gasteiger partial charge in [0.1, 0.15) is 0 Å². The van der Waals surface area contributed by atoms with Crippen molar-refractivity contribution in [2.45, 2.75) is 13.8 Å². The van der Waals surface area contributed by atoms with E-state index in [-0.39, 0.29) is 0 Å². The first-order valence-electron chi connectivity index (χ1n) is 11.1. The van der Waals surface area contributed by atoms with Gasteiger partial charge in [0, 0.05) is 17.1 Å². The molecule has 0 radical (unpaired) electrons. The zero-order valence-electron chi connectivity index (χ0n) is 18.3. The second-order valence-corrected chi connectivity index (χ2v) is 8.63. The lowest BCUT2D eigenvalue weighted by Gasteiger charge is -2.17. The number of hydrogen-bond donors (Lipinski definition) is 0. The van der Waals surface area contributed by atoms with E-state index in [4.69, 9.17) is 4.98 Å². The number of rotatable bonds is 2. The van der Waals surface area contributed by atoms with E-state index in [1.54, 1.807) is 0 Å². The summed E-state index contributed by atoms with van der Waals surface area (Å²) in [5, 5.41) is 6.20. The highest BCUT2D eigenvalue weighted by molar-refractivity contribution is 6.20. The van der Waals surface area contributed by atoms with Gasteiger partial charge in [-0.2, -0.15) is 0 Å². The third kappa shape index (κ3) is 2.98. The largest absolute Gasteiger partial charge is 0.256 e. The lowest BCUT2D eigenvalue weighted by atomic mass is 9.87. The Balaban J connectivity index is 1.78. The average molecular weight is 410 g/mol. The Bertz CT molecular complexity index is 1560. The fourth-order valence-corrected chi connectivity index (χ4v) is 5.07. The molecule has 0 bridgehead atoms. The summed E-state index contributed by atoms with van der Waals surface area (Å²) in [4.78, 5) is 4.92. The maximum Gasteiger partial charge on any atom is 0.0792 e. The number of pyridine rings is 1. The van der Waals surface area contributed by atoms with E-state index in [1.165, 1.54) is 60.3 Å². The number of fused-ring (bicyclic) bond motifs is 3. The molecular formula is C31H23N. The minimum atomic E-state index is 1.05. The molecule has 0 spiro atoms. The summed E-state index contributed by atoms with van der Waals surface area (Å²) in [5.41, 5.74) is 8.53. The Morgan fingerprint density at radius 2 is 1.16 bits per heavy atom. The van der Waals surface area contributed by atoms with Gasteiger partial charge in [0.15, 0.2) is 0 Å². The van der Waals surface area contributed by atoms with Crippen LogP contribution in [0.4, 0.5) is 0 Å². The SMILES string of the molecule is Cc1cc(C)cc(-c2c3ccccc3c(-c3ccc4ccccc4c3)c3ncccc23)c1. The van der Waals surface area contributed by atoms with Gasteiger partial charge >= 0.3 is 0 Å². The smallest absolute Gasteiger partial charge is 0.0792 e. The van der Waals surface area contributed by atoms with Gasteiger partial charge in [-0.25, -0.2) is 0 Å². The zero-order valence-corrected chi connectivity index (χ0v) is 18.3. The Morgan fingerprint density at radius 3 is 1.94 bits per heavy atom. The Morgan fingerprint density at radius 1 is 0.500 bits per heavy atom. The molecule has 0 aliphatic carbocycles. The molecule has 1 nitrogen and oxygen atoms in total. The van der Waals surface area contributed by atoms with Crippen LogP contribution in [0.2, 0.25) is 0 Å². The molecular weight excluding hydrogens is 386 g/mol. The summed E-state index contributed by atoms with van der Waals surface area (Å²) in [5.74, 6) is 0. The number of hydrogen-bond acceptors (Lipinski definition) is 1. The zero-order chi connectivity index (χ0) is 21.7. The highest BCUT2D eigenvalue weighted by Gasteiger charge is 2.17. The van der Waals surface area contributed by atoms with Crippen LogP contribution >= 0.6 is 0 Å². The molecule has 1 heteroatoms. The van der Waals surface area contributed by atoms with Crippen molar-refractivity contribution in [3.63, 3.8) is 0 Å². The maximum atomic E-state index is 4.92. The Kier molecular flexibility index (Phi) is 4.29. The third-order valence-electron chi connectivity index (χ3n) is 6.33. The highest BCUT2D eigenvalue weighted by atomic mass is 14.7. The highest BCUT2D eigenvalue weighted by Crippen LogP contribution is 2.43. The topological polar surface area (TPSA) is 12.9 Å². The van der Waals surface area contributed by atoms with Crippen molar-refractivity contribution in [2.75, 3.05) is 0 Å². The third-order valence-corrected chi connectivity index (χ3v) is 6.33. The van der Waals surface area contributed by atoms with E-state index >= 15 is 0 Å². The minimum Gasteiger partial charge on any atom is -0.256 e. The van der Waals surface area contributed by atoms with Crippen LogP contribution in [0, 0.1) is 13.8 Å². The van der Waals surface area contributed by atoms with Crippen LogP contribution in [0.5, 0.6) is 0 Å². The molecule has 0 aliphatic rings. The second-order valence-electron chi connectivity index (χ2n) is 8.63. The van der Waals surface area contributed by atoms with E-state index in [2.05, 4.69) is 105 Å². The van der Waals surface area contributed by atoms with Crippen LogP contribution in [0.15, 0.2) is 103 Å². The molecule has 0 N–H and O–H groups in total. The van der Waals surface area contributed by atoms with E-state index in [9.17, 15) is 0 Å². The summed E-state index contributed by atoms with van der Waals surface area (Å²) in [7, 11) is 0. The first-order valence-corrected chi connectivity index (χ1v) is 11.1. The number of nitrogens with zero attached hydrogens (tertiary/aromatic N) is 1. The molecule has 6 aromatic rings. The molecule has 1 aromatic heterocycles. The standard InChI is InChI=1S/C31H23N/c1-20-16-21(2)18-25(17-20)29-26-10-5-6-11-27(26)30(31-28(29)12-7-15-32-31)24-14-13-22-8-3-4-9-23(22)19-24/h3-19H,1-2H3. The Hall–Kier alpha value is -3.97. The Labute approximate surface area is 188 Å². The predicted octanol–water partition coefficient (Wildman–Crippen LogP) is 8.49. The van der Waals surface area contributed by atoms with E-state index in [1.807, 2.05) is 12.3 Å². The number of aryl methyl sites for hydroxylation is 2. The molecule has 0 saturated carbocycles. The van der Waals surface area contributed by atoms with Gasteiger partial charge in [0.2, 0.25) is 0 Å². The van der Waals surface area contributed by atoms with E-state index < -0.39 is 0 Å². The first kappa shape index (κ1) is 18.8. The van der Waals surface area contributed by atoms with Crippen molar-refractivity contribution in [3.8, 4) is 22.3 Å². The van der Waals surface area contributed by atoms with Crippen molar-refractivity contribution in [3.05, 3.63) is 114 Å². The lowest BCUT2D eigenvalue weighted by molar-refractivity contribution is 1.38. The minimum absolute atomic E-state index is 1.05. The average Bonchev–Trinajstić information content (AvgIpc) is 2.81. The lowest BCUT2D eigenvalue weighted by Crippen LogP contribution is -1.93. The van der Waals surface area contributed by atoms with Gasteiger partial charge in [-0.3, -0.25) is 4.98 Å². The van der Waals surface area contributed by atoms with E-state index in [0.29, 0.717) is 0 Å². The molecule has 32 heavy (non-hydrogen) atoms. The molecule has 0 fully saturated rings. The number of benzene rings is 5. The summed E-state index contributed by atoms with van der Waals surface area (Å²) in [6, 6.07) is 35.1. The summed E-state index contributed by atoms with van der Waals surface area (Å²) < 4.78 is 0. The molecule has 0 unspecified atom stereocenters. The van der Waals surface area contributed by atoms with Crippen LogP contribution < -0.4 is 0 Å². The maximum absolute atomic E-state index is 4.92. The summed E-state index contributed by atoms with van der Waals surface area (Å²) in [6.45, 7) is 4.34. The molecule has 0 aliphatic heterocycles. The monoisotopic (exact) mass is 409 g/mol. The van der Waals surface area contributed by atoms with Gasteiger partial charge in [-0.15, -0.1) is 0 Å². The van der Waals surface area contributed by atoms with Crippen molar-refractivity contribution in [2.24, 2.45) is 0 Å². The van der Waals surface area contributed by atoms with Crippen molar-refractivity contribution >= 4 is 32.4 Å². The summed E-state index contributed by atoms with van der Waals surface area (Å²) >= 11 is 0. The predicted molar refractivity (Wildman–Crippen MR) is 137 cm³/mol. The summed E-state index contributed by atoms with van der Waals surface area (Å²) in [6.07, 6.45) is 1.91. The van der Waals surface area contributed by atoms with Crippen LogP contribution in [-0.4, -0.2) is 4.98 Å². The van der Waals surface area contributed by atoms with Crippen LogP contribution in [0.25, 0.3) is 54.7 Å². The quantitative estimate of drug-likeness (QED) is 0.261. The molecule has 0 saturated heterocycles. The normalized spacial score (nSPS) is 11.4.